The van der Waals surface area contributed by atoms with Gasteiger partial charge in [0.1, 0.15) is 0 Å². The van der Waals surface area contributed by atoms with Crippen molar-refractivity contribution < 1.29 is 9.90 Å². The van der Waals surface area contributed by atoms with E-state index in [2.05, 4.69) is 9.88 Å². The molecule has 6 heteroatoms. The van der Waals surface area contributed by atoms with Gasteiger partial charge in [-0.25, -0.2) is 4.98 Å². The van der Waals surface area contributed by atoms with Crippen LogP contribution in [0.3, 0.4) is 0 Å². The average molecular weight is 368 g/mol. The molecule has 0 unspecified atom stereocenters. The number of amides is 1. The van der Waals surface area contributed by atoms with Gasteiger partial charge in [-0.1, -0.05) is 30.3 Å². The highest BCUT2D eigenvalue weighted by Gasteiger charge is 2.51. The van der Waals surface area contributed by atoms with Gasteiger partial charge in [-0.15, -0.1) is 0 Å². The van der Waals surface area contributed by atoms with Gasteiger partial charge >= 0.3 is 0 Å². The molecular weight excluding hydrogens is 340 g/mol. The summed E-state index contributed by atoms with van der Waals surface area (Å²) in [5.41, 5.74) is 1.63. The van der Waals surface area contributed by atoms with Crippen molar-refractivity contribution >= 4 is 5.91 Å². The fourth-order valence-electron chi connectivity index (χ4n) is 4.79. The van der Waals surface area contributed by atoms with Crippen molar-refractivity contribution in [3.8, 4) is 0 Å². The predicted octanol–water partition coefficient (Wildman–Crippen LogP) is 1.97. The number of rotatable bonds is 3. The van der Waals surface area contributed by atoms with Crippen LogP contribution in [0.25, 0.3) is 0 Å². The molecule has 3 heterocycles. The van der Waals surface area contributed by atoms with Crippen LogP contribution >= 0.6 is 0 Å². The lowest BCUT2D eigenvalue weighted by Gasteiger charge is -2.50. The lowest BCUT2D eigenvalue weighted by molar-refractivity contribution is -0.161. The highest BCUT2D eigenvalue weighted by Crippen LogP contribution is 2.46. The van der Waals surface area contributed by atoms with Crippen molar-refractivity contribution in [3.05, 3.63) is 54.1 Å². The zero-order chi connectivity index (χ0) is 19.0. The van der Waals surface area contributed by atoms with Crippen molar-refractivity contribution in [2.24, 2.45) is 12.5 Å². The van der Waals surface area contributed by atoms with E-state index >= 15 is 0 Å². The zero-order valence-electron chi connectivity index (χ0n) is 16.1. The number of likely N-dealkylation sites (N-methyl/N-ethyl adjacent to an activating group) is 1. The van der Waals surface area contributed by atoms with Crippen LogP contribution in [0.1, 0.15) is 36.6 Å². The number of aryl methyl sites for hydroxylation is 1. The zero-order valence-corrected chi connectivity index (χ0v) is 16.1. The van der Waals surface area contributed by atoms with Crippen LogP contribution in [0.4, 0.5) is 0 Å². The summed E-state index contributed by atoms with van der Waals surface area (Å²) in [6, 6.07) is 9.60. The minimum absolute atomic E-state index is 0.180. The van der Waals surface area contributed by atoms with E-state index in [1.807, 2.05) is 61.5 Å². The van der Waals surface area contributed by atoms with Crippen molar-refractivity contribution in [1.29, 1.82) is 0 Å². The molecule has 2 aromatic rings. The Morgan fingerprint density at radius 3 is 2.52 bits per heavy atom. The molecule has 0 radical (unpaired) electrons. The third-order valence-electron chi connectivity index (χ3n) is 6.25. The van der Waals surface area contributed by atoms with E-state index in [4.69, 9.17) is 0 Å². The molecule has 1 aromatic heterocycles. The molecule has 0 saturated carbocycles. The van der Waals surface area contributed by atoms with Gasteiger partial charge < -0.3 is 14.6 Å². The first-order valence-electron chi connectivity index (χ1n) is 9.68. The summed E-state index contributed by atoms with van der Waals surface area (Å²) in [4.78, 5) is 21.8. The molecule has 2 aliphatic rings. The van der Waals surface area contributed by atoms with E-state index in [1.54, 1.807) is 4.90 Å². The highest BCUT2D eigenvalue weighted by atomic mass is 16.3. The van der Waals surface area contributed by atoms with Gasteiger partial charge in [0.2, 0.25) is 5.91 Å². The Balaban J connectivity index is 1.45. The van der Waals surface area contributed by atoms with E-state index in [0.29, 0.717) is 6.42 Å². The molecule has 1 spiro atoms. The second kappa shape index (κ2) is 7.09. The Bertz CT molecular complexity index is 796. The second-order valence-corrected chi connectivity index (χ2v) is 8.13. The van der Waals surface area contributed by atoms with Gasteiger partial charge in [0.15, 0.2) is 0 Å². The number of aliphatic hydroxyl groups is 1. The number of aromatic nitrogens is 2. The lowest BCUT2D eigenvalue weighted by atomic mass is 9.68. The molecule has 1 N–H and O–H groups in total. The maximum atomic E-state index is 13.3. The predicted molar refractivity (Wildman–Crippen MR) is 103 cm³/mol. The first kappa shape index (κ1) is 18.2. The molecule has 1 amide bonds. The lowest BCUT2D eigenvalue weighted by Crippen LogP contribution is -2.57. The minimum Gasteiger partial charge on any atom is -0.391 e. The van der Waals surface area contributed by atoms with Crippen molar-refractivity contribution in [2.45, 2.75) is 38.0 Å². The number of aliphatic hydroxyl groups excluding tert-OH is 1. The Morgan fingerprint density at radius 2 is 1.89 bits per heavy atom. The Kier molecular flexibility index (Phi) is 4.78. The summed E-state index contributed by atoms with van der Waals surface area (Å²) in [5.74, 6) is 0.180. The number of imidazole rings is 1. The quantitative estimate of drug-likeness (QED) is 0.900. The molecule has 2 atom stereocenters. The molecule has 144 valence electrons. The van der Waals surface area contributed by atoms with Crippen molar-refractivity contribution in [1.82, 2.24) is 19.4 Å². The second-order valence-electron chi connectivity index (χ2n) is 8.13. The van der Waals surface area contributed by atoms with E-state index in [-0.39, 0.29) is 11.9 Å². The third kappa shape index (κ3) is 3.39. The molecule has 0 bridgehead atoms. The first-order valence-corrected chi connectivity index (χ1v) is 9.68. The number of likely N-dealkylation sites (tertiary alicyclic amines) is 2. The molecule has 1 aromatic carbocycles. The first-order chi connectivity index (χ1) is 13.0. The number of hydrogen-bond acceptors (Lipinski definition) is 4. The fourth-order valence-corrected chi connectivity index (χ4v) is 4.79. The molecule has 2 aliphatic heterocycles. The molecule has 6 nitrogen and oxygen atoms in total. The van der Waals surface area contributed by atoms with Crippen LogP contribution in [0.5, 0.6) is 0 Å². The minimum atomic E-state index is -0.530. The van der Waals surface area contributed by atoms with Crippen LogP contribution < -0.4 is 0 Å². The van der Waals surface area contributed by atoms with E-state index < -0.39 is 11.5 Å². The van der Waals surface area contributed by atoms with Gasteiger partial charge in [0, 0.05) is 26.8 Å². The SMILES string of the molecule is CN1C(=O)C2(CCN(Cc3cn(C)cn3)CC2)C[C@@H](O)[C@@H]1c1ccccc1. The number of carbonyl (C=O) groups is 1. The average Bonchev–Trinajstić information content (AvgIpc) is 3.07. The number of piperidine rings is 2. The molecule has 27 heavy (non-hydrogen) atoms. The largest absolute Gasteiger partial charge is 0.391 e. The highest BCUT2D eigenvalue weighted by molar-refractivity contribution is 5.84. The van der Waals surface area contributed by atoms with E-state index in [0.717, 1.165) is 43.7 Å². The topological polar surface area (TPSA) is 61.6 Å². The molecule has 0 aliphatic carbocycles. The number of benzene rings is 1. The van der Waals surface area contributed by atoms with Crippen LogP contribution in [0.15, 0.2) is 42.9 Å². The molecule has 2 fully saturated rings. The van der Waals surface area contributed by atoms with Crippen LogP contribution in [0.2, 0.25) is 0 Å². The van der Waals surface area contributed by atoms with Crippen LogP contribution in [-0.2, 0) is 18.4 Å². The summed E-state index contributed by atoms with van der Waals surface area (Å²) in [7, 11) is 3.81. The summed E-state index contributed by atoms with van der Waals surface area (Å²) in [6.45, 7) is 2.54. The maximum absolute atomic E-state index is 13.3. The summed E-state index contributed by atoms with van der Waals surface area (Å²) in [5, 5.41) is 10.9. The number of carbonyl (C=O) groups excluding carboxylic acids is 1. The van der Waals surface area contributed by atoms with Gasteiger partial charge in [-0.2, -0.15) is 0 Å². The standard InChI is InChI=1S/C21H28N4O2/c1-23-13-17(22-15-23)14-25-10-8-21(9-11-25)12-18(26)19(24(2)20(21)27)16-6-4-3-5-7-16/h3-7,13,15,18-19,26H,8-12,14H2,1-2H3/t18-,19+/m1/s1. The van der Waals surface area contributed by atoms with Gasteiger partial charge in [-0.05, 0) is 37.9 Å². The number of nitrogens with zero attached hydrogens (tertiary/aromatic N) is 4. The van der Waals surface area contributed by atoms with E-state index in [9.17, 15) is 9.90 Å². The van der Waals surface area contributed by atoms with Crippen molar-refractivity contribution in [3.63, 3.8) is 0 Å². The van der Waals surface area contributed by atoms with Crippen molar-refractivity contribution in [2.75, 3.05) is 20.1 Å². The Hall–Kier alpha value is -2.18. The van der Waals surface area contributed by atoms with E-state index in [1.165, 1.54) is 0 Å². The monoisotopic (exact) mass is 368 g/mol. The number of hydrogen-bond donors (Lipinski definition) is 1. The fraction of sp³-hybridized carbons (Fsp3) is 0.524. The molecule has 4 rings (SSSR count). The maximum Gasteiger partial charge on any atom is 0.229 e. The van der Waals surface area contributed by atoms with Crippen LogP contribution in [-0.4, -0.2) is 56.6 Å². The Morgan fingerprint density at radius 1 is 1.19 bits per heavy atom. The Labute approximate surface area is 160 Å². The van der Waals surface area contributed by atoms with Gasteiger partial charge in [-0.3, -0.25) is 9.69 Å². The third-order valence-corrected chi connectivity index (χ3v) is 6.25. The van der Waals surface area contributed by atoms with Crippen LogP contribution in [0, 0.1) is 5.41 Å². The van der Waals surface area contributed by atoms with Gasteiger partial charge in [0.25, 0.3) is 0 Å². The summed E-state index contributed by atoms with van der Waals surface area (Å²) in [6.07, 6.45) is 5.46. The summed E-state index contributed by atoms with van der Waals surface area (Å²) >= 11 is 0. The normalized spacial score (nSPS) is 25.9. The molecule has 2 saturated heterocycles. The summed E-state index contributed by atoms with van der Waals surface area (Å²) < 4.78 is 1.96. The van der Waals surface area contributed by atoms with Gasteiger partial charge in [0.05, 0.1) is 29.6 Å². The smallest absolute Gasteiger partial charge is 0.229 e. The molecular formula is C21H28N4O2.